The molecule has 150 valence electrons. The van der Waals surface area contributed by atoms with Gasteiger partial charge in [-0.2, -0.15) is 0 Å². The fraction of sp³-hybridized carbons (Fsp3) is 0.455. The first-order valence-corrected chi connectivity index (χ1v) is 9.97. The molecule has 0 atom stereocenters. The molecule has 0 aliphatic carbocycles. The van der Waals surface area contributed by atoms with Crippen LogP contribution in [0.15, 0.2) is 48.8 Å². The first-order valence-electron chi connectivity index (χ1n) is 9.97. The number of carbonyl (C=O) groups is 1. The van der Waals surface area contributed by atoms with Crippen molar-refractivity contribution < 1.29 is 14.3 Å². The molecule has 2 heterocycles. The summed E-state index contributed by atoms with van der Waals surface area (Å²) in [5.41, 5.74) is 1.77. The molecule has 1 fully saturated rings. The Labute approximate surface area is 167 Å². The summed E-state index contributed by atoms with van der Waals surface area (Å²) in [5.74, 6) is 0.828. The zero-order valence-corrected chi connectivity index (χ0v) is 16.5. The van der Waals surface area contributed by atoms with Crippen molar-refractivity contribution in [2.75, 3.05) is 46.0 Å². The van der Waals surface area contributed by atoms with Gasteiger partial charge in [0.2, 0.25) is 0 Å². The molecule has 1 saturated heterocycles. The van der Waals surface area contributed by atoms with Gasteiger partial charge in [-0.25, -0.2) is 0 Å². The third kappa shape index (κ3) is 6.04. The van der Waals surface area contributed by atoms with Crippen molar-refractivity contribution in [3.05, 3.63) is 59.9 Å². The molecule has 2 aromatic rings. The van der Waals surface area contributed by atoms with Crippen LogP contribution in [0.2, 0.25) is 0 Å². The van der Waals surface area contributed by atoms with E-state index in [1.165, 1.54) is 0 Å². The van der Waals surface area contributed by atoms with Gasteiger partial charge in [-0.3, -0.25) is 14.7 Å². The van der Waals surface area contributed by atoms with E-state index in [-0.39, 0.29) is 5.91 Å². The van der Waals surface area contributed by atoms with Gasteiger partial charge in [-0.15, -0.1) is 0 Å². The highest BCUT2D eigenvalue weighted by molar-refractivity contribution is 5.94. The smallest absolute Gasteiger partial charge is 0.254 e. The maximum Gasteiger partial charge on any atom is 0.254 e. The highest BCUT2D eigenvalue weighted by Gasteiger charge is 2.17. The maximum atomic E-state index is 13.1. The van der Waals surface area contributed by atoms with Crippen LogP contribution in [0.25, 0.3) is 0 Å². The second-order valence-corrected chi connectivity index (χ2v) is 6.85. The van der Waals surface area contributed by atoms with E-state index in [1.54, 1.807) is 12.4 Å². The topological polar surface area (TPSA) is 54.9 Å². The number of nitrogens with zero attached hydrogens (tertiary/aromatic N) is 3. The molecule has 0 saturated carbocycles. The Morgan fingerprint density at radius 2 is 1.86 bits per heavy atom. The van der Waals surface area contributed by atoms with Crippen molar-refractivity contribution in [3.63, 3.8) is 0 Å². The van der Waals surface area contributed by atoms with Gasteiger partial charge < -0.3 is 14.4 Å². The molecular formula is C22H29N3O3. The highest BCUT2D eigenvalue weighted by atomic mass is 16.5. The predicted molar refractivity (Wildman–Crippen MR) is 108 cm³/mol. The van der Waals surface area contributed by atoms with E-state index in [4.69, 9.17) is 9.47 Å². The average Bonchev–Trinajstić information content (AvgIpc) is 2.75. The standard InChI is InChI=1S/C22H29N3O3/c1-2-28-21-6-4-20(5-7-21)22(26)25(18-19-8-10-23-11-9-19)13-3-12-24-14-16-27-17-15-24/h4-11H,2-3,12-18H2,1H3. The summed E-state index contributed by atoms with van der Waals surface area (Å²) in [6.07, 6.45) is 4.47. The molecule has 1 aliphatic rings. The van der Waals surface area contributed by atoms with Gasteiger partial charge in [-0.1, -0.05) is 0 Å². The molecule has 0 unspecified atom stereocenters. The van der Waals surface area contributed by atoms with Crippen LogP contribution < -0.4 is 4.74 Å². The van der Waals surface area contributed by atoms with Crippen molar-refractivity contribution in [3.8, 4) is 5.75 Å². The fourth-order valence-corrected chi connectivity index (χ4v) is 3.31. The highest BCUT2D eigenvalue weighted by Crippen LogP contribution is 2.16. The number of hydrogen-bond donors (Lipinski definition) is 0. The van der Waals surface area contributed by atoms with Crippen molar-refractivity contribution in [1.82, 2.24) is 14.8 Å². The molecule has 1 aliphatic heterocycles. The molecule has 1 aromatic carbocycles. The lowest BCUT2D eigenvalue weighted by molar-refractivity contribution is 0.0355. The van der Waals surface area contributed by atoms with E-state index in [2.05, 4.69) is 9.88 Å². The van der Waals surface area contributed by atoms with Crippen LogP contribution >= 0.6 is 0 Å². The third-order valence-corrected chi connectivity index (χ3v) is 4.83. The van der Waals surface area contributed by atoms with Crippen LogP contribution in [-0.4, -0.2) is 66.7 Å². The number of morpholine rings is 1. The van der Waals surface area contributed by atoms with Crippen molar-refractivity contribution in [1.29, 1.82) is 0 Å². The van der Waals surface area contributed by atoms with E-state index in [0.29, 0.717) is 25.3 Å². The summed E-state index contributed by atoms with van der Waals surface area (Å²) < 4.78 is 10.9. The van der Waals surface area contributed by atoms with Crippen molar-refractivity contribution >= 4 is 5.91 Å². The van der Waals surface area contributed by atoms with E-state index in [0.717, 1.165) is 50.6 Å². The Balaban J connectivity index is 1.64. The Morgan fingerprint density at radius 1 is 1.14 bits per heavy atom. The molecule has 1 aromatic heterocycles. The summed E-state index contributed by atoms with van der Waals surface area (Å²) in [7, 11) is 0. The number of amides is 1. The molecule has 0 N–H and O–H groups in total. The van der Waals surface area contributed by atoms with Gasteiger partial charge in [0, 0.05) is 50.7 Å². The minimum atomic E-state index is 0.0434. The van der Waals surface area contributed by atoms with Crippen LogP contribution in [0, 0.1) is 0 Å². The normalized spacial score (nSPS) is 14.6. The lowest BCUT2D eigenvalue weighted by Crippen LogP contribution is -2.39. The number of hydrogen-bond acceptors (Lipinski definition) is 5. The lowest BCUT2D eigenvalue weighted by Gasteiger charge is -2.28. The summed E-state index contributed by atoms with van der Waals surface area (Å²) in [4.78, 5) is 21.5. The Bertz CT molecular complexity index is 716. The second kappa shape index (κ2) is 10.8. The second-order valence-electron chi connectivity index (χ2n) is 6.85. The summed E-state index contributed by atoms with van der Waals surface area (Å²) in [6, 6.07) is 11.3. The number of rotatable bonds is 9. The largest absolute Gasteiger partial charge is 0.494 e. The third-order valence-electron chi connectivity index (χ3n) is 4.83. The Morgan fingerprint density at radius 3 is 2.54 bits per heavy atom. The van der Waals surface area contributed by atoms with Crippen molar-refractivity contribution in [2.24, 2.45) is 0 Å². The molecule has 28 heavy (non-hydrogen) atoms. The molecular weight excluding hydrogens is 354 g/mol. The van der Waals surface area contributed by atoms with Crippen LogP contribution in [0.1, 0.15) is 29.3 Å². The minimum Gasteiger partial charge on any atom is -0.494 e. The van der Waals surface area contributed by atoms with Crippen LogP contribution in [0.3, 0.4) is 0 Å². The van der Waals surface area contributed by atoms with Gasteiger partial charge >= 0.3 is 0 Å². The maximum absolute atomic E-state index is 13.1. The van der Waals surface area contributed by atoms with Gasteiger partial charge in [-0.05, 0) is 55.3 Å². The monoisotopic (exact) mass is 383 g/mol. The van der Waals surface area contributed by atoms with Gasteiger partial charge in [0.25, 0.3) is 5.91 Å². The number of aromatic nitrogens is 1. The summed E-state index contributed by atoms with van der Waals surface area (Å²) in [6.45, 7) is 8.37. The average molecular weight is 383 g/mol. The first kappa shape index (κ1) is 20.3. The van der Waals surface area contributed by atoms with Crippen LogP contribution in [0.5, 0.6) is 5.75 Å². The summed E-state index contributed by atoms with van der Waals surface area (Å²) >= 11 is 0. The molecule has 6 nitrogen and oxygen atoms in total. The minimum absolute atomic E-state index is 0.0434. The van der Waals surface area contributed by atoms with E-state index in [1.807, 2.05) is 48.2 Å². The van der Waals surface area contributed by atoms with Crippen molar-refractivity contribution in [2.45, 2.75) is 19.9 Å². The fourth-order valence-electron chi connectivity index (χ4n) is 3.31. The SMILES string of the molecule is CCOc1ccc(C(=O)N(CCCN2CCOCC2)Cc2ccncc2)cc1. The molecule has 1 amide bonds. The van der Waals surface area contributed by atoms with E-state index in [9.17, 15) is 4.79 Å². The quantitative estimate of drug-likeness (QED) is 0.666. The van der Waals surface area contributed by atoms with Gasteiger partial charge in [0.1, 0.15) is 5.75 Å². The summed E-state index contributed by atoms with van der Waals surface area (Å²) in [5, 5.41) is 0. The van der Waals surface area contributed by atoms with Crippen LogP contribution in [0.4, 0.5) is 0 Å². The van der Waals surface area contributed by atoms with Gasteiger partial charge in [0.15, 0.2) is 0 Å². The number of pyridine rings is 1. The Hall–Kier alpha value is -2.44. The predicted octanol–water partition coefficient (Wildman–Crippen LogP) is 2.85. The van der Waals surface area contributed by atoms with Crippen LogP contribution in [-0.2, 0) is 11.3 Å². The molecule has 0 spiro atoms. The van der Waals surface area contributed by atoms with E-state index >= 15 is 0 Å². The molecule has 0 bridgehead atoms. The lowest BCUT2D eigenvalue weighted by atomic mass is 10.1. The number of carbonyl (C=O) groups excluding carboxylic acids is 1. The molecule has 6 heteroatoms. The number of benzene rings is 1. The number of ether oxygens (including phenoxy) is 2. The Kier molecular flexibility index (Phi) is 7.82. The first-order chi connectivity index (χ1) is 13.8. The zero-order chi connectivity index (χ0) is 19.6. The molecule has 3 rings (SSSR count). The van der Waals surface area contributed by atoms with Gasteiger partial charge in [0.05, 0.1) is 19.8 Å². The molecule has 0 radical (unpaired) electrons. The van der Waals surface area contributed by atoms with E-state index < -0.39 is 0 Å². The zero-order valence-electron chi connectivity index (χ0n) is 16.5.